The van der Waals surface area contributed by atoms with Crippen LogP contribution in [0.3, 0.4) is 0 Å². The highest BCUT2D eigenvalue weighted by Crippen LogP contribution is 2.27. The van der Waals surface area contributed by atoms with Crippen LogP contribution in [0, 0.1) is 5.92 Å². The summed E-state index contributed by atoms with van der Waals surface area (Å²) < 4.78 is 0. The molecule has 2 nitrogen and oxygen atoms in total. The fraction of sp³-hybridized carbons (Fsp3) is 0.412. The summed E-state index contributed by atoms with van der Waals surface area (Å²) in [5, 5.41) is 0. The van der Waals surface area contributed by atoms with Gasteiger partial charge in [0, 0.05) is 12.4 Å². The Morgan fingerprint density at radius 3 is 2.42 bits per heavy atom. The van der Waals surface area contributed by atoms with E-state index in [1.165, 1.54) is 44.1 Å². The first kappa shape index (κ1) is 12.3. The van der Waals surface area contributed by atoms with Crippen molar-refractivity contribution in [2.24, 2.45) is 5.92 Å². The third kappa shape index (κ3) is 3.19. The zero-order chi connectivity index (χ0) is 12.9. The van der Waals surface area contributed by atoms with Crippen molar-refractivity contribution < 1.29 is 0 Å². The molecule has 2 heteroatoms. The number of pyridine rings is 2. The van der Waals surface area contributed by atoms with Gasteiger partial charge in [-0.1, -0.05) is 44.2 Å². The molecule has 19 heavy (non-hydrogen) atoms. The minimum absolute atomic E-state index is 0.872. The highest BCUT2D eigenvalue weighted by atomic mass is 14.8. The summed E-state index contributed by atoms with van der Waals surface area (Å²) >= 11 is 0. The Morgan fingerprint density at radius 2 is 1.74 bits per heavy atom. The minimum atomic E-state index is 0.872. The first-order valence-corrected chi connectivity index (χ1v) is 7.28. The summed E-state index contributed by atoms with van der Waals surface area (Å²) in [5.74, 6) is 0.872. The van der Waals surface area contributed by atoms with Gasteiger partial charge in [0.15, 0.2) is 0 Å². The summed E-state index contributed by atoms with van der Waals surface area (Å²) in [5.41, 5.74) is 3.28. The molecule has 3 rings (SSSR count). The average molecular weight is 252 g/mol. The maximum atomic E-state index is 4.55. The molecule has 98 valence electrons. The van der Waals surface area contributed by atoms with Crippen LogP contribution in [0.5, 0.6) is 0 Å². The zero-order valence-electron chi connectivity index (χ0n) is 11.3. The molecule has 0 amide bonds. The molecule has 0 saturated heterocycles. The molecule has 2 heterocycles. The lowest BCUT2D eigenvalue weighted by molar-refractivity contribution is 0.356. The van der Waals surface area contributed by atoms with Crippen molar-refractivity contribution in [2.75, 3.05) is 0 Å². The van der Waals surface area contributed by atoms with E-state index in [9.17, 15) is 0 Å². The van der Waals surface area contributed by atoms with Gasteiger partial charge in [-0.25, -0.2) is 0 Å². The van der Waals surface area contributed by atoms with E-state index in [1.54, 1.807) is 0 Å². The predicted molar refractivity (Wildman–Crippen MR) is 77.7 cm³/mol. The first-order chi connectivity index (χ1) is 9.42. The van der Waals surface area contributed by atoms with Gasteiger partial charge in [-0.2, -0.15) is 0 Å². The van der Waals surface area contributed by atoms with Crippen LogP contribution in [0.1, 0.15) is 37.7 Å². The highest BCUT2D eigenvalue weighted by Gasteiger charge is 2.14. The Labute approximate surface area is 114 Å². The van der Waals surface area contributed by atoms with Crippen molar-refractivity contribution in [1.29, 1.82) is 0 Å². The largest absolute Gasteiger partial charge is 0.255 e. The van der Waals surface area contributed by atoms with Crippen molar-refractivity contribution in [3.8, 4) is 11.4 Å². The van der Waals surface area contributed by atoms with Gasteiger partial charge in [-0.3, -0.25) is 9.97 Å². The topological polar surface area (TPSA) is 25.8 Å². The van der Waals surface area contributed by atoms with Crippen molar-refractivity contribution in [3.05, 3.63) is 48.3 Å². The van der Waals surface area contributed by atoms with Crippen LogP contribution < -0.4 is 0 Å². The van der Waals surface area contributed by atoms with E-state index in [1.807, 2.05) is 30.6 Å². The summed E-state index contributed by atoms with van der Waals surface area (Å²) in [6.45, 7) is 0. The SMILES string of the molecule is c1ccc(-c2ccc(CC3CCCCC3)cn2)nc1. The number of hydrogen-bond donors (Lipinski definition) is 0. The molecule has 0 atom stereocenters. The Bertz CT molecular complexity index is 499. The van der Waals surface area contributed by atoms with Gasteiger partial charge in [0.05, 0.1) is 11.4 Å². The molecule has 0 bridgehead atoms. The predicted octanol–water partition coefficient (Wildman–Crippen LogP) is 4.27. The number of rotatable bonds is 3. The Kier molecular flexibility index (Phi) is 3.87. The number of aromatic nitrogens is 2. The minimum Gasteiger partial charge on any atom is -0.255 e. The number of nitrogens with zero attached hydrogens (tertiary/aromatic N) is 2. The van der Waals surface area contributed by atoms with Crippen LogP contribution in [0.25, 0.3) is 11.4 Å². The van der Waals surface area contributed by atoms with Crippen molar-refractivity contribution in [2.45, 2.75) is 38.5 Å². The fourth-order valence-electron chi connectivity index (χ4n) is 2.94. The lowest BCUT2D eigenvalue weighted by atomic mass is 9.85. The molecule has 2 aromatic heterocycles. The van der Waals surface area contributed by atoms with Gasteiger partial charge in [0.1, 0.15) is 0 Å². The standard InChI is InChI=1S/C17H20N2/c1-2-6-14(7-3-1)12-15-9-10-17(19-13-15)16-8-4-5-11-18-16/h4-5,8-11,13-14H,1-3,6-7,12H2. The van der Waals surface area contributed by atoms with Crippen LogP contribution >= 0.6 is 0 Å². The third-order valence-corrected chi connectivity index (χ3v) is 4.00. The maximum absolute atomic E-state index is 4.55. The van der Waals surface area contributed by atoms with Gasteiger partial charge in [-0.05, 0) is 36.1 Å². The molecule has 0 N–H and O–H groups in total. The van der Waals surface area contributed by atoms with Gasteiger partial charge in [-0.15, -0.1) is 0 Å². The van der Waals surface area contributed by atoms with Crippen LogP contribution in [-0.4, -0.2) is 9.97 Å². The summed E-state index contributed by atoms with van der Waals surface area (Å²) in [7, 11) is 0. The summed E-state index contributed by atoms with van der Waals surface area (Å²) in [6.07, 6.45) is 12.0. The number of hydrogen-bond acceptors (Lipinski definition) is 2. The second kappa shape index (κ2) is 5.96. The molecule has 0 aromatic carbocycles. The zero-order valence-corrected chi connectivity index (χ0v) is 11.3. The molecule has 1 saturated carbocycles. The van der Waals surface area contributed by atoms with E-state index in [0.717, 1.165) is 17.3 Å². The van der Waals surface area contributed by atoms with Gasteiger partial charge < -0.3 is 0 Å². The molecule has 0 spiro atoms. The van der Waals surface area contributed by atoms with E-state index < -0.39 is 0 Å². The van der Waals surface area contributed by atoms with Gasteiger partial charge in [0.2, 0.25) is 0 Å². The van der Waals surface area contributed by atoms with Crippen LogP contribution in [0.15, 0.2) is 42.7 Å². The Morgan fingerprint density at radius 1 is 0.895 bits per heavy atom. The smallest absolute Gasteiger partial charge is 0.0886 e. The summed E-state index contributed by atoms with van der Waals surface area (Å²) in [4.78, 5) is 8.88. The molecule has 0 aliphatic heterocycles. The highest BCUT2D eigenvalue weighted by molar-refractivity contribution is 5.53. The summed E-state index contributed by atoms with van der Waals surface area (Å²) in [6, 6.07) is 10.2. The average Bonchev–Trinajstić information content (AvgIpc) is 2.50. The van der Waals surface area contributed by atoms with Crippen molar-refractivity contribution in [3.63, 3.8) is 0 Å². The monoisotopic (exact) mass is 252 g/mol. The molecular formula is C17H20N2. The molecule has 0 radical (unpaired) electrons. The molecule has 1 aliphatic carbocycles. The molecule has 1 aliphatic rings. The Hall–Kier alpha value is -1.70. The molecule has 2 aromatic rings. The molecule has 1 fully saturated rings. The van der Waals surface area contributed by atoms with E-state index in [0.29, 0.717) is 0 Å². The normalized spacial score (nSPS) is 16.4. The lowest BCUT2D eigenvalue weighted by Crippen LogP contribution is -2.09. The van der Waals surface area contributed by atoms with Crippen LogP contribution in [-0.2, 0) is 6.42 Å². The molecule has 0 unspecified atom stereocenters. The van der Waals surface area contributed by atoms with E-state index >= 15 is 0 Å². The van der Waals surface area contributed by atoms with Crippen molar-refractivity contribution in [1.82, 2.24) is 9.97 Å². The van der Waals surface area contributed by atoms with E-state index in [2.05, 4.69) is 22.1 Å². The second-order valence-corrected chi connectivity index (χ2v) is 5.47. The quantitative estimate of drug-likeness (QED) is 0.815. The van der Waals surface area contributed by atoms with Gasteiger partial charge >= 0.3 is 0 Å². The fourth-order valence-corrected chi connectivity index (χ4v) is 2.94. The Balaban J connectivity index is 1.68. The van der Waals surface area contributed by atoms with Crippen LogP contribution in [0.2, 0.25) is 0 Å². The second-order valence-electron chi connectivity index (χ2n) is 5.47. The van der Waals surface area contributed by atoms with E-state index in [-0.39, 0.29) is 0 Å². The first-order valence-electron chi connectivity index (χ1n) is 7.28. The third-order valence-electron chi connectivity index (χ3n) is 4.00. The molecular weight excluding hydrogens is 232 g/mol. The van der Waals surface area contributed by atoms with Gasteiger partial charge in [0.25, 0.3) is 0 Å². The van der Waals surface area contributed by atoms with E-state index in [4.69, 9.17) is 0 Å². The lowest BCUT2D eigenvalue weighted by Gasteiger charge is -2.21. The van der Waals surface area contributed by atoms with Crippen LogP contribution in [0.4, 0.5) is 0 Å². The van der Waals surface area contributed by atoms with Crippen molar-refractivity contribution >= 4 is 0 Å². The maximum Gasteiger partial charge on any atom is 0.0886 e.